The molecule has 0 N–H and O–H groups in total. The average Bonchev–Trinajstić information content (AvgIpc) is 2.25. The van der Waals surface area contributed by atoms with Crippen molar-refractivity contribution in [3.05, 3.63) is 35.1 Å². The maximum Gasteiger partial charge on any atom is 0.303 e. The minimum atomic E-state index is -0.767. The summed E-state index contributed by atoms with van der Waals surface area (Å²) in [5.41, 5.74) is -0.0678. The molecular weight excluding hydrogens is 213 g/mol. The molecule has 0 aromatic heterocycles. The van der Waals surface area contributed by atoms with E-state index in [0.29, 0.717) is 0 Å². The quantitative estimate of drug-likeness (QED) is 0.572. The molecule has 1 aromatic rings. The molecule has 16 heavy (non-hydrogen) atoms. The first-order valence-electron chi connectivity index (χ1n) is 4.41. The van der Waals surface area contributed by atoms with Crippen LogP contribution in [0.4, 0.5) is 4.39 Å². The lowest BCUT2D eigenvalue weighted by Gasteiger charge is -2.02. The molecule has 5 heteroatoms. The van der Waals surface area contributed by atoms with Crippen LogP contribution < -0.4 is 0 Å². The van der Waals surface area contributed by atoms with Crippen LogP contribution in [-0.2, 0) is 9.53 Å². The molecule has 0 bridgehead atoms. The molecule has 0 aliphatic heterocycles. The molecule has 0 aliphatic rings. The summed E-state index contributed by atoms with van der Waals surface area (Å²) in [4.78, 5) is 21.8. The number of ether oxygens (including phenoxy) is 1. The second kappa shape index (κ2) is 5.03. The molecular formula is C11H8FNO3. The third kappa shape index (κ3) is 2.89. The summed E-state index contributed by atoms with van der Waals surface area (Å²) in [5.74, 6) is -1.86. The average molecular weight is 221 g/mol. The largest absolute Gasteiger partial charge is 0.457 e. The van der Waals surface area contributed by atoms with Crippen molar-refractivity contribution in [2.24, 2.45) is 0 Å². The summed E-state index contributed by atoms with van der Waals surface area (Å²) in [6.45, 7) is 0.743. The summed E-state index contributed by atoms with van der Waals surface area (Å²) < 4.78 is 17.6. The maximum atomic E-state index is 13.1. The number of hydrogen-bond donors (Lipinski definition) is 0. The van der Waals surface area contributed by atoms with Crippen LogP contribution in [-0.4, -0.2) is 18.4 Å². The van der Waals surface area contributed by atoms with Gasteiger partial charge in [0, 0.05) is 12.5 Å². The van der Waals surface area contributed by atoms with E-state index in [2.05, 4.69) is 4.74 Å². The van der Waals surface area contributed by atoms with Gasteiger partial charge < -0.3 is 4.74 Å². The van der Waals surface area contributed by atoms with Crippen LogP contribution in [0.3, 0.4) is 0 Å². The van der Waals surface area contributed by atoms with Crippen molar-refractivity contribution < 1.29 is 18.7 Å². The van der Waals surface area contributed by atoms with Crippen molar-refractivity contribution in [1.82, 2.24) is 0 Å². The molecule has 4 nitrogen and oxygen atoms in total. The molecule has 0 radical (unpaired) electrons. The smallest absolute Gasteiger partial charge is 0.303 e. The SMILES string of the molecule is CC(=O)OCC(=O)c1ccc(C#N)c(F)c1. The summed E-state index contributed by atoms with van der Waals surface area (Å²) in [5, 5.41) is 8.48. The number of nitriles is 1. The Bertz CT molecular complexity index is 477. The molecule has 0 amide bonds. The fourth-order valence-electron chi connectivity index (χ4n) is 1.03. The molecule has 0 spiro atoms. The minimum Gasteiger partial charge on any atom is -0.457 e. The van der Waals surface area contributed by atoms with Gasteiger partial charge in [-0.1, -0.05) is 0 Å². The molecule has 0 heterocycles. The zero-order valence-corrected chi connectivity index (χ0v) is 8.49. The fourth-order valence-corrected chi connectivity index (χ4v) is 1.03. The van der Waals surface area contributed by atoms with Gasteiger partial charge in [-0.05, 0) is 18.2 Å². The van der Waals surface area contributed by atoms with Gasteiger partial charge >= 0.3 is 5.97 Å². The van der Waals surface area contributed by atoms with Gasteiger partial charge in [-0.25, -0.2) is 4.39 Å². The number of hydrogen-bond acceptors (Lipinski definition) is 4. The number of rotatable bonds is 3. The Balaban J connectivity index is 2.82. The van der Waals surface area contributed by atoms with Crippen molar-refractivity contribution in [2.75, 3.05) is 6.61 Å². The molecule has 0 aliphatic carbocycles. The standard InChI is InChI=1S/C11H8FNO3/c1-7(14)16-6-11(15)8-2-3-9(5-13)10(12)4-8/h2-4H,6H2,1H3. The molecule has 0 saturated heterocycles. The molecule has 0 saturated carbocycles. The highest BCUT2D eigenvalue weighted by Crippen LogP contribution is 2.10. The van der Waals surface area contributed by atoms with Gasteiger partial charge in [0.25, 0.3) is 0 Å². The van der Waals surface area contributed by atoms with Crippen molar-refractivity contribution in [3.63, 3.8) is 0 Å². The van der Waals surface area contributed by atoms with Crippen LogP contribution in [0, 0.1) is 17.1 Å². The Morgan fingerprint density at radius 1 is 1.50 bits per heavy atom. The van der Waals surface area contributed by atoms with Gasteiger partial charge in [-0.15, -0.1) is 0 Å². The van der Waals surface area contributed by atoms with Gasteiger partial charge in [-0.2, -0.15) is 5.26 Å². The van der Waals surface area contributed by atoms with Gasteiger partial charge in [0.1, 0.15) is 11.9 Å². The third-order valence-electron chi connectivity index (χ3n) is 1.82. The van der Waals surface area contributed by atoms with E-state index in [1.165, 1.54) is 19.1 Å². The lowest BCUT2D eigenvalue weighted by Crippen LogP contribution is -2.12. The predicted molar refractivity (Wildman–Crippen MR) is 52.1 cm³/mol. The van der Waals surface area contributed by atoms with Crippen LogP contribution in [0.5, 0.6) is 0 Å². The maximum absolute atomic E-state index is 13.1. The normalized spacial score (nSPS) is 9.31. The van der Waals surface area contributed by atoms with Crippen molar-refractivity contribution >= 4 is 11.8 Å². The summed E-state index contributed by atoms with van der Waals surface area (Å²) in [7, 11) is 0. The Morgan fingerprint density at radius 2 is 2.19 bits per heavy atom. The van der Waals surface area contributed by atoms with E-state index >= 15 is 0 Å². The van der Waals surface area contributed by atoms with Crippen LogP contribution in [0.2, 0.25) is 0 Å². The Hall–Kier alpha value is -2.22. The Kier molecular flexibility index (Phi) is 3.72. The monoisotopic (exact) mass is 221 g/mol. The number of ketones is 1. The highest BCUT2D eigenvalue weighted by molar-refractivity contribution is 5.97. The van der Waals surface area contributed by atoms with Gasteiger partial charge in [0.05, 0.1) is 5.56 Å². The number of Topliss-reactive ketones (excluding diaryl/α,β-unsaturated/α-hetero) is 1. The van der Waals surface area contributed by atoms with Crippen molar-refractivity contribution in [1.29, 1.82) is 5.26 Å². The van der Waals surface area contributed by atoms with Crippen LogP contribution in [0.1, 0.15) is 22.8 Å². The fraction of sp³-hybridized carbons (Fsp3) is 0.182. The molecule has 82 valence electrons. The zero-order chi connectivity index (χ0) is 12.1. The van der Waals surface area contributed by atoms with Gasteiger partial charge in [0.15, 0.2) is 12.4 Å². The first-order valence-corrected chi connectivity index (χ1v) is 4.41. The van der Waals surface area contributed by atoms with E-state index in [0.717, 1.165) is 6.07 Å². The summed E-state index contributed by atoms with van der Waals surface area (Å²) >= 11 is 0. The van der Waals surface area contributed by atoms with E-state index in [4.69, 9.17) is 5.26 Å². The molecule has 1 aromatic carbocycles. The molecule has 1 rings (SSSR count). The topological polar surface area (TPSA) is 67.2 Å². The van der Waals surface area contributed by atoms with E-state index in [9.17, 15) is 14.0 Å². The van der Waals surface area contributed by atoms with Crippen molar-refractivity contribution in [2.45, 2.75) is 6.92 Å². The Labute approximate surface area is 91.3 Å². The number of esters is 1. The van der Waals surface area contributed by atoms with Crippen LogP contribution in [0.25, 0.3) is 0 Å². The number of benzene rings is 1. The highest BCUT2D eigenvalue weighted by atomic mass is 19.1. The van der Waals surface area contributed by atoms with Crippen LogP contribution in [0.15, 0.2) is 18.2 Å². The summed E-state index contributed by atoms with van der Waals surface area (Å²) in [6.07, 6.45) is 0. The second-order valence-electron chi connectivity index (χ2n) is 3.01. The van der Waals surface area contributed by atoms with E-state index < -0.39 is 24.2 Å². The van der Waals surface area contributed by atoms with Gasteiger partial charge in [0.2, 0.25) is 0 Å². The molecule has 0 unspecified atom stereocenters. The third-order valence-corrected chi connectivity index (χ3v) is 1.82. The first-order chi connectivity index (χ1) is 7.54. The summed E-state index contributed by atoms with van der Waals surface area (Å²) in [6, 6.07) is 5.11. The lowest BCUT2D eigenvalue weighted by molar-refractivity contribution is -0.139. The van der Waals surface area contributed by atoms with E-state index in [1.807, 2.05) is 0 Å². The van der Waals surface area contributed by atoms with E-state index in [1.54, 1.807) is 6.07 Å². The van der Waals surface area contributed by atoms with Crippen molar-refractivity contribution in [3.8, 4) is 6.07 Å². The zero-order valence-electron chi connectivity index (χ0n) is 8.49. The number of carbonyl (C=O) groups excluding carboxylic acids is 2. The minimum absolute atomic E-state index is 0.0674. The highest BCUT2D eigenvalue weighted by Gasteiger charge is 2.10. The number of halogens is 1. The molecule has 0 fully saturated rings. The number of carbonyl (C=O) groups is 2. The second-order valence-corrected chi connectivity index (χ2v) is 3.01. The molecule has 0 atom stereocenters. The number of nitrogens with zero attached hydrogens (tertiary/aromatic N) is 1. The van der Waals surface area contributed by atoms with Gasteiger partial charge in [-0.3, -0.25) is 9.59 Å². The van der Waals surface area contributed by atoms with E-state index in [-0.39, 0.29) is 11.1 Å². The first kappa shape index (κ1) is 11.9. The lowest BCUT2D eigenvalue weighted by atomic mass is 10.1. The predicted octanol–water partition coefficient (Wildman–Crippen LogP) is 1.44. The van der Waals surface area contributed by atoms with Crippen LogP contribution >= 0.6 is 0 Å². The Morgan fingerprint density at radius 3 is 2.69 bits per heavy atom.